The van der Waals surface area contributed by atoms with E-state index in [9.17, 15) is 9.59 Å². The van der Waals surface area contributed by atoms with Crippen LogP contribution in [0.4, 0.5) is 5.69 Å². The molecule has 0 spiro atoms. The van der Waals surface area contributed by atoms with E-state index in [1.807, 2.05) is 24.4 Å². The number of nitrogens with one attached hydrogen (secondary N) is 2. The number of amides is 2. The number of rotatable bonds is 9. The van der Waals surface area contributed by atoms with Gasteiger partial charge in [0.05, 0.1) is 11.1 Å². The van der Waals surface area contributed by atoms with Crippen molar-refractivity contribution < 1.29 is 14.3 Å². The second-order valence-corrected chi connectivity index (χ2v) is 7.83. The van der Waals surface area contributed by atoms with Crippen LogP contribution in [0.25, 0.3) is 9.88 Å². The number of carbonyl (C=O) groups excluding carboxylic acids is 2. The first-order valence-electron chi connectivity index (χ1n) is 8.94. The molecule has 0 aliphatic carbocycles. The standard InChI is InChI=1S/C20H21N3O3S2/c1-2-26-10-5-9-21-18(24)14-6-3-7-15(12-14)23-19(25)17-13-22-20(28-17)16-8-4-11-27-16/h3-4,6-8,11-13H,2,5,9-10H2,1H3,(H,21,24)(H,23,25). The molecular weight excluding hydrogens is 394 g/mol. The maximum atomic E-state index is 12.5. The number of nitrogens with zero attached hydrogens (tertiary/aromatic N) is 1. The Labute approximate surface area is 171 Å². The third-order valence-corrected chi connectivity index (χ3v) is 5.83. The van der Waals surface area contributed by atoms with Crippen LogP contribution in [0.2, 0.25) is 0 Å². The highest BCUT2D eigenvalue weighted by Gasteiger charge is 2.13. The maximum Gasteiger partial charge on any atom is 0.267 e. The zero-order valence-electron chi connectivity index (χ0n) is 15.4. The number of ether oxygens (including phenoxy) is 1. The van der Waals surface area contributed by atoms with E-state index in [-0.39, 0.29) is 11.8 Å². The molecule has 2 heterocycles. The number of aromatic nitrogens is 1. The number of thiophene rings is 1. The van der Waals surface area contributed by atoms with Crippen LogP contribution in [-0.4, -0.2) is 36.6 Å². The topological polar surface area (TPSA) is 80.3 Å². The summed E-state index contributed by atoms with van der Waals surface area (Å²) in [5, 5.41) is 8.48. The molecule has 0 saturated heterocycles. The van der Waals surface area contributed by atoms with Gasteiger partial charge in [-0.1, -0.05) is 12.1 Å². The molecule has 1 aromatic carbocycles. The number of benzene rings is 1. The Bertz CT molecular complexity index is 922. The van der Waals surface area contributed by atoms with Crippen LogP contribution in [0.5, 0.6) is 0 Å². The lowest BCUT2D eigenvalue weighted by molar-refractivity contribution is 0.0943. The van der Waals surface area contributed by atoms with Gasteiger partial charge in [-0.3, -0.25) is 9.59 Å². The zero-order chi connectivity index (χ0) is 19.8. The molecule has 0 unspecified atom stereocenters. The van der Waals surface area contributed by atoms with Gasteiger partial charge in [0.2, 0.25) is 0 Å². The fraction of sp³-hybridized carbons (Fsp3) is 0.250. The molecular formula is C20H21N3O3S2. The summed E-state index contributed by atoms with van der Waals surface area (Å²) in [5.74, 6) is -0.417. The van der Waals surface area contributed by atoms with Gasteiger partial charge in [0.15, 0.2) is 0 Å². The van der Waals surface area contributed by atoms with Crippen LogP contribution in [0.3, 0.4) is 0 Å². The van der Waals surface area contributed by atoms with E-state index in [2.05, 4.69) is 15.6 Å². The van der Waals surface area contributed by atoms with Crippen molar-refractivity contribution in [2.75, 3.05) is 25.1 Å². The van der Waals surface area contributed by atoms with Crippen molar-refractivity contribution >= 4 is 40.2 Å². The molecule has 3 rings (SSSR count). The molecule has 0 radical (unpaired) electrons. The highest BCUT2D eigenvalue weighted by atomic mass is 32.1. The molecule has 0 saturated carbocycles. The molecule has 0 aliphatic heterocycles. The zero-order valence-corrected chi connectivity index (χ0v) is 17.1. The molecule has 2 amide bonds. The summed E-state index contributed by atoms with van der Waals surface area (Å²) in [7, 11) is 0. The Hall–Kier alpha value is -2.55. The first kappa shape index (κ1) is 20.2. The van der Waals surface area contributed by atoms with Crippen LogP contribution < -0.4 is 10.6 Å². The van der Waals surface area contributed by atoms with Gasteiger partial charge >= 0.3 is 0 Å². The van der Waals surface area contributed by atoms with Gasteiger partial charge in [0.25, 0.3) is 11.8 Å². The van der Waals surface area contributed by atoms with Crippen LogP contribution in [-0.2, 0) is 4.74 Å². The Morgan fingerprint density at radius 2 is 2.07 bits per heavy atom. The Kier molecular flexibility index (Phi) is 7.30. The summed E-state index contributed by atoms with van der Waals surface area (Å²) in [6, 6.07) is 10.8. The number of carbonyl (C=O) groups is 2. The minimum Gasteiger partial charge on any atom is -0.382 e. The Morgan fingerprint density at radius 1 is 1.18 bits per heavy atom. The Balaban J connectivity index is 1.58. The van der Waals surface area contributed by atoms with Gasteiger partial charge < -0.3 is 15.4 Å². The molecule has 2 N–H and O–H groups in total. The molecule has 8 heteroatoms. The number of anilines is 1. The van der Waals surface area contributed by atoms with Crippen molar-refractivity contribution in [3.05, 3.63) is 58.4 Å². The molecule has 146 valence electrons. The third kappa shape index (κ3) is 5.48. The van der Waals surface area contributed by atoms with E-state index >= 15 is 0 Å². The minimum absolute atomic E-state index is 0.176. The van der Waals surface area contributed by atoms with Gasteiger partial charge in [-0.05, 0) is 43.0 Å². The van der Waals surface area contributed by atoms with Crippen LogP contribution in [0.1, 0.15) is 33.4 Å². The maximum absolute atomic E-state index is 12.5. The van der Waals surface area contributed by atoms with Crippen molar-refractivity contribution in [2.45, 2.75) is 13.3 Å². The SMILES string of the molecule is CCOCCCNC(=O)c1cccc(NC(=O)c2cnc(-c3cccs3)s2)c1. The van der Waals surface area contributed by atoms with Crippen LogP contribution in [0.15, 0.2) is 48.0 Å². The third-order valence-electron chi connectivity index (χ3n) is 3.80. The number of thiazole rings is 1. The van der Waals surface area contributed by atoms with E-state index in [1.165, 1.54) is 11.3 Å². The predicted octanol–water partition coefficient (Wildman–Crippen LogP) is 4.28. The monoisotopic (exact) mass is 415 g/mol. The smallest absolute Gasteiger partial charge is 0.267 e. The molecule has 2 aromatic heterocycles. The number of hydrogen-bond donors (Lipinski definition) is 2. The summed E-state index contributed by atoms with van der Waals surface area (Å²) >= 11 is 2.93. The van der Waals surface area contributed by atoms with E-state index in [4.69, 9.17) is 4.74 Å². The average Bonchev–Trinajstić information content (AvgIpc) is 3.39. The van der Waals surface area contributed by atoms with Crippen molar-refractivity contribution in [1.29, 1.82) is 0 Å². The summed E-state index contributed by atoms with van der Waals surface area (Å²) < 4.78 is 5.25. The summed E-state index contributed by atoms with van der Waals surface area (Å²) in [6.45, 7) is 3.77. The average molecular weight is 416 g/mol. The second-order valence-electron chi connectivity index (χ2n) is 5.85. The van der Waals surface area contributed by atoms with E-state index in [0.717, 1.165) is 16.3 Å². The largest absolute Gasteiger partial charge is 0.382 e. The van der Waals surface area contributed by atoms with Crippen LogP contribution in [0, 0.1) is 0 Å². The molecule has 28 heavy (non-hydrogen) atoms. The minimum atomic E-state index is -0.241. The lowest BCUT2D eigenvalue weighted by Crippen LogP contribution is -2.25. The lowest BCUT2D eigenvalue weighted by atomic mass is 10.2. The van der Waals surface area contributed by atoms with Crippen molar-refractivity contribution in [1.82, 2.24) is 10.3 Å². The van der Waals surface area contributed by atoms with Crippen molar-refractivity contribution in [3.63, 3.8) is 0 Å². The van der Waals surface area contributed by atoms with Gasteiger partial charge in [-0.2, -0.15) is 0 Å². The molecule has 3 aromatic rings. The normalized spacial score (nSPS) is 10.6. The van der Waals surface area contributed by atoms with Gasteiger partial charge in [0.1, 0.15) is 9.88 Å². The van der Waals surface area contributed by atoms with Crippen LogP contribution >= 0.6 is 22.7 Å². The molecule has 6 nitrogen and oxygen atoms in total. The molecule has 0 atom stereocenters. The first-order chi connectivity index (χ1) is 13.7. The predicted molar refractivity (Wildman–Crippen MR) is 113 cm³/mol. The molecule has 0 aliphatic rings. The molecule has 0 fully saturated rings. The molecule has 0 bridgehead atoms. The fourth-order valence-corrected chi connectivity index (χ4v) is 4.06. The fourth-order valence-electron chi connectivity index (χ4n) is 2.45. The quantitative estimate of drug-likeness (QED) is 0.511. The highest BCUT2D eigenvalue weighted by molar-refractivity contribution is 7.22. The van der Waals surface area contributed by atoms with E-state index in [1.54, 1.807) is 41.8 Å². The highest BCUT2D eigenvalue weighted by Crippen LogP contribution is 2.29. The number of hydrogen-bond acceptors (Lipinski definition) is 6. The lowest BCUT2D eigenvalue weighted by Gasteiger charge is -2.08. The van der Waals surface area contributed by atoms with Crippen molar-refractivity contribution in [2.24, 2.45) is 0 Å². The van der Waals surface area contributed by atoms with E-state index < -0.39 is 0 Å². The summed E-state index contributed by atoms with van der Waals surface area (Å²) in [6.07, 6.45) is 2.33. The van der Waals surface area contributed by atoms with Crippen molar-refractivity contribution in [3.8, 4) is 9.88 Å². The first-order valence-corrected chi connectivity index (χ1v) is 10.6. The van der Waals surface area contributed by atoms with Gasteiger partial charge in [-0.15, -0.1) is 22.7 Å². The second kappa shape index (κ2) is 10.1. The summed E-state index contributed by atoms with van der Waals surface area (Å²) in [4.78, 5) is 30.6. The van der Waals surface area contributed by atoms with E-state index in [0.29, 0.717) is 35.9 Å². The summed E-state index contributed by atoms with van der Waals surface area (Å²) in [5.41, 5.74) is 1.07. The van der Waals surface area contributed by atoms with Gasteiger partial charge in [0, 0.05) is 31.0 Å². The Morgan fingerprint density at radius 3 is 2.86 bits per heavy atom. The van der Waals surface area contributed by atoms with Gasteiger partial charge in [-0.25, -0.2) is 4.98 Å².